The zero-order valence-electron chi connectivity index (χ0n) is 23.2. The van der Waals surface area contributed by atoms with E-state index in [1.807, 2.05) is 22.7 Å². The van der Waals surface area contributed by atoms with Gasteiger partial charge in [0, 0.05) is 47.0 Å². The molecule has 0 aliphatic rings. The van der Waals surface area contributed by atoms with Gasteiger partial charge in [-0.15, -0.1) is 22.7 Å². The summed E-state index contributed by atoms with van der Waals surface area (Å²) < 4.78 is 5.29. The second-order valence-corrected chi connectivity index (χ2v) is 13.1. The average Bonchev–Trinajstić information content (AvgIpc) is 3.63. The molecule has 0 saturated heterocycles. The SMILES string of the molecule is c1ccc(N(c2ccc(-c3cccc4sc5cc6ccccc6cc5c34)cc2)c2cccc3c2sc2ccccc23)cc1. The van der Waals surface area contributed by atoms with E-state index in [0.29, 0.717) is 0 Å². The van der Waals surface area contributed by atoms with Gasteiger partial charge in [-0.05, 0) is 76.5 Å². The molecule has 7 aromatic carbocycles. The van der Waals surface area contributed by atoms with E-state index in [9.17, 15) is 0 Å². The van der Waals surface area contributed by atoms with E-state index in [-0.39, 0.29) is 0 Å². The molecular weight excluding hydrogens is 559 g/mol. The van der Waals surface area contributed by atoms with Gasteiger partial charge in [0.2, 0.25) is 0 Å². The number of thiophene rings is 2. The maximum Gasteiger partial charge on any atom is 0.0640 e. The lowest BCUT2D eigenvalue weighted by Gasteiger charge is -2.26. The summed E-state index contributed by atoms with van der Waals surface area (Å²) in [6, 6.07) is 55.3. The lowest BCUT2D eigenvalue weighted by Crippen LogP contribution is -2.09. The number of benzene rings is 7. The Kier molecular flexibility index (Phi) is 5.62. The summed E-state index contributed by atoms with van der Waals surface area (Å²) in [6.07, 6.45) is 0. The molecule has 9 rings (SSSR count). The minimum Gasteiger partial charge on any atom is -0.309 e. The van der Waals surface area contributed by atoms with Crippen molar-refractivity contribution >= 4 is 90.9 Å². The maximum absolute atomic E-state index is 2.40. The van der Waals surface area contributed by atoms with E-state index in [1.165, 1.54) is 67.9 Å². The van der Waals surface area contributed by atoms with Crippen LogP contribution in [0.2, 0.25) is 0 Å². The number of hydrogen-bond acceptors (Lipinski definition) is 3. The summed E-state index contributed by atoms with van der Waals surface area (Å²) in [4.78, 5) is 2.40. The monoisotopic (exact) mass is 583 g/mol. The third-order valence-corrected chi connectivity index (χ3v) is 10.8. The summed E-state index contributed by atoms with van der Waals surface area (Å²) in [6.45, 7) is 0. The molecule has 0 bridgehead atoms. The number of rotatable bonds is 4. The standard InChI is InChI=1S/C40H25NS2/c1-2-12-29(13-3-1)41(35-17-8-16-33-32-14-6-7-18-36(32)43-40(33)35)30-22-20-26(21-23-30)31-15-9-19-37-39(31)34-24-27-10-4-5-11-28(27)25-38(34)42-37/h1-25H. The van der Waals surface area contributed by atoms with Gasteiger partial charge >= 0.3 is 0 Å². The number of fused-ring (bicyclic) bond motifs is 7. The Labute approximate surface area is 257 Å². The Bertz CT molecular complexity index is 2450. The van der Waals surface area contributed by atoms with E-state index in [1.54, 1.807) is 0 Å². The predicted octanol–water partition coefficient (Wildman–Crippen LogP) is 12.7. The van der Waals surface area contributed by atoms with Crippen molar-refractivity contribution in [2.75, 3.05) is 4.90 Å². The van der Waals surface area contributed by atoms with Crippen molar-refractivity contribution < 1.29 is 0 Å². The van der Waals surface area contributed by atoms with Crippen LogP contribution in [0.25, 0.3) is 62.2 Å². The van der Waals surface area contributed by atoms with Crippen LogP contribution in [0.4, 0.5) is 17.1 Å². The molecule has 0 radical (unpaired) electrons. The lowest BCUT2D eigenvalue weighted by atomic mass is 9.98. The quantitative estimate of drug-likeness (QED) is 0.199. The Hall–Kier alpha value is -4.96. The van der Waals surface area contributed by atoms with Crippen molar-refractivity contribution in [1.82, 2.24) is 0 Å². The largest absolute Gasteiger partial charge is 0.309 e. The summed E-state index contributed by atoms with van der Waals surface area (Å²) >= 11 is 3.75. The third kappa shape index (κ3) is 3.97. The first-order valence-corrected chi connectivity index (χ1v) is 16.1. The van der Waals surface area contributed by atoms with E-state index < -0.39 is 0 Å². The molecule has 0 atom stereocenters. The first-order chi connectivity index (χ1) is 21.3. The summed E-state index contributed by atoms with van der Waals surface area (Å²) in [5.41, 5.74) is 6.01. The highest BCUT2D eigenvalue weighted by molar-refractivity contribution is 7.26. The van der Waals surface area contributed by atoms with Gasteiger partial charge in [0.15, 0.2) is 0 Å². The second-order valence-electron chi connectivity index (χ2n) is 10.9. The van der Waals surface area contributed by atoms with E-state index >= 15 is 0 Å². The van der Waals surface area contributed by atoms with Gasteiger partial charge in [0.1, 0.15) is 0 Å². The van der Waals surface area contributed by atoms with Gasteiger partial charge < -0.3 is 4.90 Å². The van der Waals surface area contributed by atoms with Gasteiger partial charge in [0.05, 0.1) is 10.4 Å². The molecule has 43 heavy (non-hydrogen) atoms. The molecule has 0 unspecified atom stereocenters. The maximum atomic E-state index is 2.40. The Balaban J connectivity index is 1.21. The van der Waals surface area contributed by atoms with Crippen LogP contribution in [0.3, 0.4) is 0 Å². The molecule has 0 N–H and O–H groups in total. The predicted molar refractivity (Wildman–Crippen MR) is 190 cm³/mol. The molecular formula is C40H25NS2. The molecule has 202 valence electrons. The highest BCUT2D eigenvalue weighted by Crippen LogP contribution is 2.46. The molecule has 0 aliphatic heterocycles. The number of nitrogens with zero attached hydrogens (tertiary/aromatic N) is 1. The summed E-state index contributed by atoms with van der Waals surface area (Å²) in [7, 11) is 0. The van der Waals surface area contributed by atoms with Crippen LogP contribution in [-0.4, -0.2) is 0 Å². The minimum atomic E-state index is 1.15. The zero-order chi connectivity index (χ0) is 28.3. The first-order valence-electron chi connectivity index (χ1n) is 14.5. The first kappa shape index (κ1) is 24.6. The molecule has 2 heterocycles. The Morgan fingerprint density at radius 3 is 1.95 bits per heavy atom. The van der Waals surface area contributed by atoms with Gasteiger partial charge in [-0.2, -0.15) is 0 Å². The van der Waals surface area contributed by atoms with Crippen LogP contribution < -0.4 is 4.90 Å². The molecule has 0 fully saturated rings. The van der Waals surface area contributed by atoms with Crippen LogP contribution in [0.5, 0.6) is 0 Å². The normalized spacial score (nSPS) is 11.7. The Morgan fingerprint density at radius 1 is 0.419 bits per heavy atom. The molecule has 0 aliphatic carbocycles. The minimum absolute atomic E-state index is 1.15. The Morgan fingerprint density at radius 2 is 1.09 bits per heavy atom. The third-order valence-electron chi connectivity index (χ3n) is 8.44. The van der Waals surface area contributed by atoms with Crippen molar-refractivity contribution in [3.8, 4) is 11.1 Å². The van der Waals surface area contributed by atoms with Crippen molar-refractivity contribution in [1.29, 1.82) is 0 Å². The van der Waals surface area contributed by atoms with Crippen molar-refractivity contribution in [3.05, 3.63) is 152 Å². The van der Waals surface area contributed by atoms with E-state index in [2.05, 4.69) is 157 Å². The number of anilines is 3. The molecule has 0 saturated carbocycles. The van der Waals surface area contributed by atoms with Gasteiger partial charge in [-0.1, -0.05) is 97.1 Å². The van der Waals surface area contributed by atoms with Gasteiger partial charge in [-0.25, -0.2) is 0 Å². The van der Waals surface area contributed by atoms with Crippen LogP contribution in [0, 0.1) is 0 Å². The van der Waals surface area contributed by atoms with Crippen LogP contribution in [0.1, 0.15) is 0 Å². The highest BCUT2D eigenvalue weighted by atomic mass is 32.1. The van der Waals surface area contributed by atoms with Gasteiger partial charge in [-0.3, -0.25) is 0 Å². The number of para-hydroxylation sites is 1. The summed E-state index contributed by atoms with van der Waals surface area (Å²) in [5.74, 6) is 0. The topological polar surface area (TPSA) is 3.24 Å². The molecule has 3 heteroatoms. The van der Waals surface area contributed by atoms with E-state index in [4.69, 9.17) is 0 Å². The zero-order valence-corrected chi connectivity index (χ0v) is 24.8. The van der Waals surface area contributed by atoms with Crippen LogP contribution in [-0.2, 0) is 0 Å². The van der Waals surface area contributed by atoms with Crippen molar-refractivity contribution in [3.63, 3.8) is 0 Å². The highest BCUT2D eigenvalue weighted by Gasteiger charge is 2.18. The summed E-state index contributed by atoms with van der Waals surface area (Å²) in [5, 5.41) is 7.88. The molecule has 2 aromatic heterocycles. The van der Waals surface area contributed by atoms with Crippen molar-refractivity contribution in [2.45, 2.75) is 0 Å². The lowest BCUT2D eigenvalue weighted by molar-refractivity contribution is 1.30. The average molecular weight is 584 g/mol. The fourth-order valence-corrected chi connectivity index (χ4v) is 8.82. The van der Waals surface area contributed by atoms with E-state index in [0.717, 1.165) is 11.4 Å². The second kappa shape index (κ2) is 9.81. The number of hydrogen-bond donors (Lipinski definition) is 0. The fraction of sp³-hybridized carbons (Fsp3) is 0. The van der Waals surface area contributed by atoms with Crippen LogP contribution >= 0.6 is 22.7 Å². The molecule has 0 amide bonds. The van der Waals surface area contributed by atoms with Crippen LogP contribution in [0.15, 0.2) is 152 Å². The fourth-order valence-electron chi connectivity index (χ4n) is 6.45. The molecule has 9 aromatic rings. The molecule has 1 nitrogen and oxygen atoms in total. The van der Waals surface area contributed by atoms with Gasteiger partial charge in [0.25, 0.3) is 0 Å². The smallest absolute Gasteiger partial charge is 0.0640 e. The molecule has 0 spiro atoms. The van der Waals surface area contributed by atoms with Crippen molar-refractivity contribution in [2.24, 2.45) is 0 Å².